The number of anilines is 1. The number of nitrogens with two attached hydrogens (primary N) is 1. The summed E-state index contributed by atoms with van der Waals surface area (Å²) in [5.41, 5.74) is 1.01. The lowest BCUT2D eigenvalue weighted by Gasteiger charge is -2.14. The van der Waals surface area contributed by atoms with E-state index in [0.29, 0.717) is 0 Å². The van der Waals surface area contributed by atoms with Crippen LogP contribution in [0.5, 0.6) is 0 Å². The van der Waals surface area contributed by atoms with Crippen LogP contribution in [0.25, 0.3) is 10.2 Å². The Hall–Kier alpha value is -1.17. The Labute approximate surface area is 111 Å². The number of unbranched alkanes of at least 4 members (excludes halogenated alkanes) is 3. The molecule has 1 aromatic heterocycles. The molecule has 2 rings (SSSR count). The van der Waals surface area contributed by atoms with Crippen molar-refractivity contribution >= 4 is 26.7 Å². The highest BCUT2D eigenvalue weighted by atomic mass is 32.1. The highest BCUT2D eigenvalue weighted by Crippen LogP contribution is 2.27. The number of hydrogen-bond acceptors (Lipinski definition) is 5. The average molecular weight is 265 g/mol. The molecule has 1 aromatic carbocycles. The van der Waals surface area contributed by atoms with Gasteiger partial charge in [0.2, 0.25) is 5.13 Å². The second-order valence-electron chi connectivity index (χ2n) is 4.30. The summed E-state index contributed by atoms with van der Waals surface area (Å²) in [5, 5.41) is 11.3. The third kappa shape index (κ3) is 3.41. The molecular formula is C13H19N3OS. The van der Waals surface area contributed by atoms with Crippen molar-refractivity contribution in [2.75, 3.05) is 18.2 Å². The fourth-order valence-corrected chi connectivity index (χ4v) is 2.74. The molecule has 98 valence electrons. The smallest absolute Gasteiger partial charge is 0.200 e. The molecule has 1 heterocycles. The van der Waals surface area contributed by atoms with Gasteiger partial charge in [0.05, 0.1) is 10.2 Å². The molecule has 0 atom stereocenters. The van der Waals surface area contributed by atoms with Crippen LogP contribution in [-0.2, 0) is 0 Å². The quantitative estimate of drug-likeness (QED) is 0.459. The van der Waals surface area contributed by atoms with Crippen molar-refractivity contribution in [3.8, 4) is 0 Å². The van der Waals surface area contributed by atoms with Gasteiger partial charge in [0.25, 0.3) is 0 Å². The van der Waals surface area contributed by atoms with E-state index in [1.54, 1.807) is 16.3 Å². The molecule has 0 aliphatic carbocycles. The fraction of sp³-hybridized carbons (Fsp3) is 0.462. The van der Waals surface area contributed by atoms with Gasteiger partial charge in [-0.2, -0.15) is 0 Å². The van der Waals surface area contributed by atoms with Crippen LogP contribution in [-0.4, -0.2) is 23.2 Å². The molecule has 0 radical (unpaired) electrons. The van der Waals surface area contributed by atoms with Gasteiger partial charge in [-0.1, -0.05) is 36.3 Å². The molecule has 4 nitrogen and oxygen atoms in total. The Morgan fingerprint density at radius 3 is 2.72 bits per heavy atom. The normalized spacial score (nSPS) is 11.0. The lowest BCUT2D eigenvalue weighted by atomic mass is 10.2. The van der Waals surface area contributed by atoms with E-state index in [1.807, 2.05) is 18.2 Å². The van der Waals surface area contributed by atoms with Crippen LogP contribution in [0.4, 0.5) is 5.13 Å². The van der Waals surface area contributed by atoms with Crippen LogP contribution < -0.4 is 10.9 Å². The van der Waals surface area contributed by atoms with Crippen molar-refractivity contribution in [3.63, 3.8) is 0 Å². The summed E-state index contributed by atoms with van der Waals surface area (Å²) in [6.45, 7) is 1.09. The van der Waals surface area contributed by atoms with Gasteiger partial charge in [-0.25, -0.2) is 10.8 Å². The topological polar surface area (TPSA) is 62.4 Å². The lowest BCUT2D eigenvalue weighted by molar-refractivity contribution is 0.282. The number of aliphatic hydroxyl groups is 1. The highest BCUT2D eigenvalue weighted by Gasteiger charge is 2.07. The number of nitrogens with zero attached hydrogens (tertiary/aromatic N) is 2. The molecule has 2 aromatic rings. The van der Waals surface area contributed by atoms with Crippen LogP contribution in [0, 0.1) is 0 Å². The predicted octanol–water partition coefficient (Wildman–Crippen LogP) is 2.53. The SMILES string of the molecule is NN(CCCCCCO)c1nc2ccccc2s1. The van der Waals surface area contributed by atoms with Crippen molar-refractivity contribution in [3.05, 3.63) is 24.3 Å². The number of hydrogen-bond donors (Lipinski definition) is 2. The van der Waals surface area contributed by atoms with Crippen molar-refractivity contribution in [2.45, 2.75) is 25.7 Å². The van der Waals surface area contributed by atoms with E-state index in [-0.39, 0.29) is 6.61 Å². The summed E-state index contributed by atoms with van der Waals surface area (Å²) in [7, 11) is 0. The Bertz CT molecular complexity index is 453. The number of rotatable bonds is 7. The maximum atomic E-state index is 8.69. The second-order valence-corrected chi connectivity index (χ2v) is 5.30. The van der Waals surface area contributed by atoms with Crippen LogP contribution in [0.1, 0.15) is 25.7 Å². The molecule has 0 amide bonds. The lowest BCUT2D eigenvalue weighted by Crippen LogP contribution is -2.31. The molecule has 18 heavy (non-hydrogen) atoms. The Kier molecular flexibility index (Phi) is 4.92. The van der Waals surface area contributed by atoms with Gasteiger partial charge in [0, 0.05) is 13.2 Å². The molecule has 0 saturated carbocycles. The van der Waals surface area contributed by atoms with Crippen molar-refractivity contribution in [2.24, 2.45) is 5.84 Å². The van der Waals surface area contributed by atoms with Gasteiger partial charge in [-0.15, -0.1) is 0 Å². The van der Waals surface area contributed by atoms with Crippen LogP contribution >= 0.6 is 11.3 Å². The summed E-state index contributed by atoms with van der Waals surface area (Å²) in [6, 6.07) is 8.07. The van der Waals surface area contributed by atoms with Gasteiger partial charge >= 0.3 is 0 Å². The molecule has 0 unspecified atom stereocenters. The number of aromatic nitrogens is 1. The molecule has 5 heteroatoms. The number of thiazole rings is 1. The van der Waals surface area contributed by atoms with Crippen molar-refractivity contribution in [1.29, 1.82) is 0 Å². The molecule has 0 aliphatic rings. The fourth-order valence-electron chi connectivity index (χ4n) is 1.83. The molecular weight excluding hydrogens is 246 g/mol. The molecule has 3 N–H and O–H groups in total. The van der Waals surface area contributed by atoms with Crippen LogP contribution in [0.3, 0.4) is 0 Å². The Balaban J connectivity index is 1.86. The van der Waals surface area contributed by atoms with E-state index in [2.05, 4.69) is 11.1 Å². The maximum Gasteiger partial charge on any atom is 0.200 e. The van der Waals surface area contributed by atoms with Crippen molar-refractivity contribution in [1.82, 2.24) is 4.98 Å². The third-order valence-electron chi connectivity index (χ3n) is 2.84. The average Bonchev–Trinajstić information content (AvgIpc) is 2.82. The maximum absolute atomic E-state index is 8.69. The monoisotopic (exact) mass is 265 g/mol. The summed E-state index contributed by atoms with van der Waals surface area (Å²) in [5.74, 6) is 6.01. The first kappa shape index (κ1) is 13.3. The minimum atomic E-state index is 0.282. The summed E-state index contributed by atoms with van der Waals surface area (Å²) < 4.78 is 1.17. The predicted molar refractivity (Wildman–Crippen MR) is 76.7 cm³/mol. The standard InChI is InChI=1S/C13H19N3OS/c14-16(9-5-1-2-6-10-17)13-15-11-7-3-4-8-12(11)18-13/h3-4,7-8,17H,1-2,5-6,9-10,14H2. The van der Waals surface area contributed by atoms with Gasteiger partial charge in [-0.3, -0.25) is 5.01 Å². The van der Waals surface area contributed by atoms with Crippen LogP contribution in [0.2, 0.25) is 0 Å². The van der Waals surface area contributed by atoms with E-state index in [9.17, 15) is 0 Å². The largest absolute Gasteiger partial charge is 0.396 e. The third-order valence-corrected chi connectivity index (χ3v) is 3.91. The van der Waals surface area contributed by atoms with Gasteiger partial charge in [0.15, 0.2) is 0 Å². The van der Waals surface area contributed by atoms with Gasteiger partial charge in [-0.05, 0) is 25.0 Å². The molecule has 0 fully saturated rings. The van der Waals surface area contributed by atoms with E-state index in [0.717, 1.165) is 42.9 Å². The second kappa shape index (κ2) is 6.68. The van der Waals surface area contributed by atoms with Gasteiger partial charge < -0.3 is 5.11 Å². The zero-order chi connectivity index (χ0) is 12.8. The molecule has 0 spiro atoms. The van der Waals surface area contributed by atoms with Crippen molar-refractivity contribution < 1.29 is 5.11 Å². The number of aliphatic hydroxyl groups excluding tert-OH is 1. The Morgan fingerprint density at radius 2 is 1.94 bits per heavy atom. The molecule has 0 aliphatic heterocycles. The zero-order valence-corrected chi connectivity index (χ0v) is 11.2. The number of fused-ring (bicyclic) bond motifs is 1. The zero-order valence-electron chi connectivity index (χ0n) is 10.4. The van der Waals surface area contributed by atoms with Gasteiger partial charge in [0.1, 0.15) is 0 Å². The number of hydrazine groups is 1. The van der Waals surface area contributed by atoms with E-state index >= 15 is 0 Å². The first-order valence-corrected chi connectivity index (χ1v) is 7.11. The van der Waals surface area contributed by atoms with E-state index in [4.69, 9.17) is 10.9 Å². The minimum Gasteiger partial charge on any atom is -0.396 e. The highest BCUT2D eigenvalue weighted by molar-refractivity contribution is 7.22. The van der Waals surface area contributed by atoms with Crippen LogP contribution in [0.15, 0.2) is 24.3 Å². The number of para-hydroxylation sites is 1. The summed E-state index contributed by atoms with van der Waals surface area (Å²) in [6.07, 6.45) is 4.07. The number of benzene rings is 1. The Morgan fingerprint density at radius 1 is 1.17 bits per heavy atom. The summed E-state index contributed by atoms with van der Waals surface area (Å²) in [4.78, 5) is 4.51. The first-order chi connectivity index (χ1) is 8.81. The summed E-state index contributed by atoms with van der Waals surface area (Å²) >= 11 is 1.62. The van der Waals surface area contributed by atoms with E-state index in [1.165, 1.54) is 4.70 Å². The first-order valence-electron chi connectivity index (χ1n) is 6.30. The minimum absolute atomic E-state index is 0.282. The van der Waals surface area contributed by atoms with E-state index < -0.39 is 0 Å². The molecule has 0 bridgehead atoms. The molecule has 0 saturated heterocycles.